The fourth-order valence-electron chi connectivity index (χ4n) is 2.27. The van der Waals surface area contributed by atoms with Crippen LogP contribution < -0.4 is 9.47 Å². The number of carboxylic acid groups (broad SMARTS) is 1. The molecule has 0 spiro atoms. The lowest BCUT2D eigenvalue weighted by Gasteiger charge is -2.10. The molecular weight excluding hydrogens is 322 g/mol. The van der Waals surface area contributed by atoms with Gasteiger partial charge in [-0.05, 0) is 25.3 Å². The molecule has 1 heterocycles. The van der Waals surface area contributed by atoms with E-state index in [0.717, 1.165) is 25.7 Å². The molecule has 1 unspecified atom stereocenters. The summed E-state index contributed by atoms with van der Waals surface area (Å²) in [6.07, 6.45) is 10.0. The van der Waals surface area contributed by atoms with Crippen molar-refractivity contribution in [3.8, 4) is 11.5 Å². The first-order valence-corrected chi connectivity index (χ1v) is 8.81. The molecule has 25 heavy (non-hydrogen) atoms. The highest BCUT2D eigenvalue weighted by Crippen LogP contribution is 2.27. The summed E-state index contributed by atoms with van der Waals surface area (Å²) in [6, 6.07) is 1.75. The maximum Gasteiger partial charge on any atom is 0.303 e. The summed E-state index contributed by atoms with van der Waals surface area (Å²) in [6.45, 7) is 2.55. The van der Waals surface area contributed by atoms with Gasteiger partial charge in [-0.15, -0.1) is 0 Å². The van der Waals surface area contributed by atoms with E-state index in [1.807, 2.05) is 0 Å². The van der Waals surface area contributed by atoms with Crippen LogP contribution in [0.15, 0.2) is 18.3 Å². The summed E-state index contributed by atoms with van der Waals surface area (Å²) in [5.41, 5.74) is 0.685. The first kappa shape index (κ1) is 21.0. The van der Waals surface area contributed by atoms with Crippen LogP contribution in [0, 0.1) is 0 Å². The molecule has 1 atom stereocenters. The minimum absolute atomic E-state index is 0.142. The Morgan fingerprint density at radius 3 is 2.76 bits per heavy atom. The summed E-state index contributed by atoms with van der Waals surface area (Å²) >= 11 is 0. The zero-order chi connectivity index (χ0) is 18.5. The van der Waals surface area contributed by atoms with E-state index in [0.29, 0.717) is 36.6 Å². The van der Waals surface area contributed by atoms with Gasteiger partial charge in [0.25, 0.3) is 0 Å². The molecule has 1 rings (SSSR count). The molecule has 140 valence electrons. The van der Waals surface area contributed by atoms with Crippen molar-refractivity contribution in [2.75, 3.05) is 13.7 Å². The first-order chi connectivity index (χ1) is 12.1. The number of aliphatic hydroxyl groups is 1. The van der Waals surface area contributed by atoms with E-state index in [1.54, 1.807) is 31.5 Å². The summed E-state index contributed by atoms with van der Waals surface area (Å²) in [4.78, 5) is 14.7. The number of aliphatic hydroxyl groups excluding tert-OH is 1. The van der Waals surface area contributed by atoms with E-state index in [4.69, 9.17) is 14.6 Å². The summed E-state index contributed by atoms with van der Waals surface area (Å²) in [5.74, 6) is 0.291. The average molecular weight is 351 g/mol. The lowest BCUT2D eigenvalue weighted by molar-refractivity contribution is -0.137. The zero-order valence-corrected chi connectivity index (χ0v) is 15.1. The van der Waals surface area contributed by atoms with E-state index in [-0.39, 0.29) is 6.42 Å². The number of carbonyl (C=O) groups is 1. The summed E-state index contributed by atoms with van der Waals surface area (Å²) < 4.78 is 10.9. The van der Waals surface area contributed by atoms with E-state index < -0.39 is 12.1 Å². The Labute approximate surface area is 149 Å². The monoisotopic (exact) mass is 351 g/mol. The van der Waals surface area contributed by atoms with Gasteiger partial charge in [-0.3, -0.25) is 9.78 Å². The van der Waals surface area contributed by atoms with Gasteiger partial charge in [-0.2, -0.15) is 0 Å². The Bertz CT molecular complexity index is 545. The Kier molecular flexibility index (Phi) is 10.3. The second-order valence-electron chi connectivity index (χ2n) is 5.88. The summed E-state index contributed by atoms with van der Waals surface area (Å²) in [5, 5.41) is 18.5. The maximum absolute atomic E-state index is 10.5. The topological polar surface area (TPSA) is 88.9 Å². The molecular formula is C19H29NO5. The van der Waals surface area contributed by atoms with Crippen LogP contribution >= 0.6 is 0 Å². The molecule has 1 aromatic rings. The summed E-state index contributed by atoms with van der Waals surface area (Å²) in [7, 11) is 1.56. The third kappa shape index (κ3) is 9.10. The van der Waals surface area contributed by atoms with E-state index in [9.17, 15) is 9.90 Å². The molecule has 6 nitrogen and oxygen atoms in total. The minimum Gasteiger partial charge on any atom is -0.493 e. The lowest BCUT2D eigenvalue weighted by Crippen LogP contribution is -2.03. The van der Waals surface area contributed by atoms with E-state index in [1.165, 1.54) is 0 Å². The highest BCUT2D eigenvalue weighted by Gasteiger charge is 2.07. The SMILES string of the molecule is CCCCCC(O)/C=C/c1cc(OC)c(OCCCCC(=O)O)cn1. The third-order valence-corrected chi connectivity index (χ3v) is 3.71. The van der Waals surface area contributed by atoms with E-state index in [2.05, 4.69) is 11.9 Å². The van der Waals surface area contributed by atoms with Gasteiger partial charge in [-0.25, -0.2) is 0 Å². The van der Waals surface area contributed by atoms with Crippen molar-refractivity contribution < 1.29 is 24.5 Å². The number of pyridine rings is 1. The predicted octanol–water partition coefficient (Wildman–Crippen LogP) is 3.68. The van der Waals surface area contributed by atoms with Gasteiger partial charge >= 0.3 is 5.97 Å². The largest absolute Gasteiger partial charge is 0.493 e. The Morgan fingerprint density at radius 2 is 2.08 bits per heavy atom. The molecule has 0 aliphatic rings. The molecule has 6 heteroatoms. The number of methoxy groups -OCH3 is 1. The van der Waals surface area contributed by atoms with Gasteiger partial charge < -0.3 is 19.7 Å². The van der Waals surface area contributed by atoms with Crippen molar-refractivity contribution in [3.05, 3.63) is 24.0 Å². The molecule has 0 aromatic carbocycles. The highest BCUT2D eigenvalue weighted by atomic mass is 16.5. The molecule has 1 aromatic heterocycles. The number of aliphatic carboxylic acids is 1. The van der Waals surface area contributed by atoms with Crippen LogP contribution in [-0.4, -0.2) is 41.0 Å². The average Bonchev–Trinajstić information content (AvgIpc) is 2.60. The van der Waals surface area contributed by atoms with Gasteiger partial charge in [0.1, 0.15) is 0 Å². The fraction of sp³-hybridized carbons (Fsp3) is 0.579. The quantitative estimate of drug-likeness (QED) is 0.527. The standard InChI is InChI=1S/C19H29NO5/c1-3-4-5-8-16(21)11-10-15-13-17(24-2)18(14-20-15)25-12-7-6-9-19(22)23/h10-11,13-14,16,21H,3-9,12H2,1-2H3,(H,22,23)/b11-10+. The second kappa shape index (κ2) is 12.3. The zero-order valence-electron chi connectivity index (χ0n) is 15.1. The van der Waals surface area contributed by atoms with Crippen LogP contribution in [0.1, 0.15) is 57.6 Å². The molecule has 0 aliphatic heterocycles. The smallest absolute Gasteiger partial charge is 0.303 e. The number of rotatable bonds is 13. The molecule has 0 radical (unpaired) electrons. The van der Waals surface area contributed by atoms with Gasteiger partial charge in [0.05, 0.1) is 31.7 Å². The maximum atomic E-state index is 10.5. The molecule has 0 fully saturated rings. The molecule has 0 aliphatic carbocycles. The molecule has 0 amide bonds. The van der Waals surface area contributed by atoms with Crippen LogP contribution in [0.5, 0.6) is 11.5 Å². The number of unbranched alkanes of at least 4 members (excludes halogenated alkanes) is 3. The van der Waals surface area contributed by atoms with Gasteiger partial charge in [0.2, 0.25) is 0 Å². The number of ether oxygens (including phenoxy) is 2. The van der Waals surface area contributed by atoms with Crippen LogP contribution in [0.3, 0.4) is 0 Å². The Balaban J connectivity index is 2.52. The normalized spacial score (nSPS) is 12.3. The van der Waals surface area contributed by atoms with Crippen molar-refractivity contribution in [2.45, 2.75) is 58.0 Å². The van der Waals surface area contributed by atoms with Crippen molar-refractivity contribution in [1.29, 1.82) is 0 Å². The molecule has 0 bridgehead atoms. The number of hydrogen-bond donors (Lipinski definition) is 2. The Morgan fingerprint density at radius 1 is 1.28 bits per heavy atom. The molecule has 2 N–H and O–H groups in total. The minimum atomic E-state index is -0.799. The van der Waals surface area contributed by atoms with Crippen molar-refractivity contribution >= 4 is 12.0 Å². The second-order valence-corrected chi connectivity index (χ2v) is 5.88. The first-order valence-electron chi connectivity index (χ1n) is 8.81. The van der Waals surface area contributed by atoms with Crippen LogP contribution in [-0.2, 0) is 4.79 Å². The third-order valence-electron chi connectivity index (χ3n) is 3.71. The molecule has 0 saturated carbocycles. The Hall–Kier alpha value is -2.08. The van der Waals surface area contributed by atoms with Crippen molar-refractivity contribution in [2.24, 2.45) is 0 Å². The highest BCUT2D eigenvalue weighted by molar-refractivity contribution is 5.66. The van der Waals surface area contributed by atoms with Crippen molar-refractivity contribution in [3.63, 3.8) is 0 Å². The van der Waals surface area contributed by atoms with Gasteiger partial charge in [0, 0.05) is 12.5 Å². The van der Waals surface area contributed by atoms with E-state index >= 15 is 0 Å². The number of nitrogens with zero attached hydrogens (tertiary/aromatic N) is 1. The predicted molar refractivity (Wildman–Crippen MR) is 97.0 cm³/mol. The van der Waals surface area contributed by atoms with Crippen molar-refractivity contribution in [1.82, 2.24) is 4.98 Å². The number of aromatic nitrogens is 1. The van der Waals surface area contributed by atoms with Crippen LogP contribution in [0.25, 0.3) is 6.08 Å². The number of hydrogen-bond acceptors (Lipinski definition) is 5. The fourth-order valence-corrected chi connectivity index (χ4v) is 2.27. The van der Waals surface area contributed by atoms with Gasteiger partial charge in [-0.1, -0.05) is 32.3 Å². The lowest BCUT2D eigenvalue weighted by atomic mass is 10.1. The van der Waals surface area contributed by atoms with Crippen LogP contribution in [0.4, 0.5) is 0 Å². The number of carboxylic acids is 1. The molecule has 0 saturated heterocycles. The van der Waals surface area contributed by atoms with Crippen LogP contribution in [0.2, 0.25) is 0 Å². The van der Waals surface area contributed by atoms with Gasteiger partial charge in [0.15, 0.2) is 11.5 Å².